The summed E-state index contributed by atoms with van der Waals surface area (Å²) < 4.78 is 15.4. The van der Waals surface area contributed by atoms with Gasteiger partial charge in [0, 0.05) is 0 Å². The molecule has 1 N–H and O–H groups in total. The van der Waals surface area contributed by atoms with Crippen LogP contribution in [0.15, 0.2) is 52.0 Å². The van der Waals surface area contributed by atoms with E-state index in [1.807, 2.05) is 0 Å². The van der Waals surface area contributed by atoms with Crippen LogP contribution in [0.5, 0.6) is 0 Å². The van der Waals surface area contributed by atoms with Crippen molar-refractivity contribution < 1.29 is 28.3 Å². The molecular formula is C15H15NO6. The van der Waals surface area contributed by atoms with Gasteiger partial charge in [0.2, 0.25) is 5.76 Å². The van der Waals surface area contributed by atoms with Gasteiger partial charge in [0.25, 0.3) is 0 Å². The van der Waals surface area contributed by atoms with Crippen molar-refractivity contribution in [2.75, 3.05) is 6.61 Å². The summed E-state index contributed by atoms with van der Waals surface area (Å²) in [6.07, 6.45) is 2.38. The van der Waals surface area contributed by atoms with Gasteiger partial charge in [-0.25, -0.2) is 9.59 Å². The zero-order valence-corrected chi connectivity index (χ0v) is 11.7. The van der Waals surface area contributed by atoms with Gasteiger partial charge in [-0.05, 0) is 24.3 Å². The minimum atomic E-state index is -1.17. The van der Waals surface area contributed by atoms with Crippen LogP contribution in [0.1, 0.15) is 22.1 Å². The summed E-state index contributed by atoms with van der Waals surface area (Å²) in [4.78, 5) is 24.2. The fraction of sp³-hybridized carbons (Fsp3) is 0.200. The molecule has 0 saturated heterocycles. The number of furan rings is 2. The Labute approximate surface area is 126 Å². The monoisotopic (exact) mass is 305 g/mol. The third-order valence-corrected chi connectivity index (χ3v) is 2.73. The van der Waals surface area contributed by atoms with Gasteiger partial charge in [0.05, 0.1) is 19.4 Å². The fourth-order valence-corrected chi connectivity index (χ4v) is 1.76. The van der Waals surface area contributed by atoms with Gasteiger partial charge in [-0.3, -0.25) is 4.90 Å². The predicted octanol–water partition coefficient (Wildman–Crippen LogP) is 2.90. The predicted molar refractivity (Wildman–Crippen MR) is 75.2 cm³/mol. The number of carboxylic acids is 1. The molecule has 0 aliphatic heterocycles. The molecule has 2 aromatic heterocycles. The maximum absolute atomic E-state index is 12.0. The van der Waals surface area contributed by atoms with E-state index in [4.69, 9.17) is 18.7 Å². The Hall–Kier alpha value is -2.96. The van der Waals surface area contributed by atoms with Crippen LogP contribution in [0, 0.1) is 0 Å². The lowest BCUT2D eigenvalue weighted by molar-refractivity contribution is 0.0657. The summed E-state index contributed by atoms with van der Waals surface area (Å²) in [6.45, 7) is 3.78. The molecule has 2 aromatic rings. The third-order valence-electron chi connectivity index (χ3n) is 2.73. The lowest BCUT2D eigenvalue weighted by Gasteiger charge is -2.19. The molecule has 2 rings (SSSR count). The van der Waals surface area contributed by atoms with Crippen LogP contribution in [0.3, 0.4) is 0 Å². The molecule has 0 saturated carbocycles. The first-order chi connectivity index (χ1) is 10.6. The minimum absolute atomic E-state index is 0.0595. The number of nitrogens with zero attached hydrogens (tertiary/aromatic N) is 1. The largest absolute Gasteiger partial charge is 0.475 e. The summed E-state index contributed by atoms with van der Waals surface area (Å²) in [5, 5.41) is 8.84. The summed E-state index contributed by atoms with van der Waals surface area (Å²) in [7, 11) is 0. The number of carbonyl (C=O) groups is 2. The molecule has 0 unspecified atom stereocenters. The Morgan fingerprint density at radius 1 is 1.27 bits per heavy atom. The van der Waals surface area contributed by atoms with E-state index in [2.05, 4.69) is 6.58 Å². The van der Waals surface area contributed by atoms with E-state index in [9.17, 15) is 9.59 Å². The first kappa shape index (κ1) is 15.4. The second kappa shape index (κ2) is 7.16. The van der Waals surface area contributed by atoms with Crippen LogP contribution >= 0.6 is 0 Å². The van der Waals surface area contributed by atoms with Crippen molar-refractivity contribution in [1.29, 1.82) is 0 Å². The van der Waals surface area contributed by atoms with Gasteiger partial charge < -0.3 is 18.7 Å². The Morgan fingerprint density at radius 3 is 2.64 bits per heavy atom. The molecular weight excluding hydrogens is 290 g/mol. The van der Waals surface area contributed by atoms with Crippen LogP contribution in [0.4, 0.5) is 4.79 Å². The molecule has 0 aliphatic rings. The fourth-order valence-electron chi connectivity index (χ4n) is 1.76. The second-order valence-corrected chi connectivity index (χ2v) is 4.37. The highest BCUT2D eigenvalue weighted by atomic mass is 16.6. The summed E-state index contributed by atoms with van der Waals surface area (Å²) in [5.74, 6) is -0.453. The van der Waals surface area contributed by atoms with Crippen LogP contribution in [-0.4, -0.2) is 28.7 Å². The number of carbonyl (C=O) groups excluding carboxylic acids is 1. The maximum Gasteiger partial charge on any atom is 0.410 e. The first-order valence-corrected chi connectivity index (χ1v) is 6.47. The molecule has 7 nitrogen and oxygen atoms in total. The number of hydrogen-bond donors (Lipinski definition) is 1. The van der Waals surface area contributed by atoms with Gasteiger partial charge in [-0.2, -0.15) is 0 Å². The van der Waals surface area contributed by atoms with Gasteiger partial charge >= 0.3 is 12.1 Å². The van der Waals surface area contributed by atoms with Crippen molar-refractivity contribution in [2.45, 2.75) is 13.1 Å². The summed E-state index contributed by atoms with van der Waals surface area (Å²) in [5.41, 5.74) is 0. The van der Waals surface area contributed by atoms with E-state index >= 15 is 0 Å². The normalized spacial score (nSPS) is 10.2. The van der Waals surface area contributed by atoms with Crippen molar-refractivity contribution in [1.82, 2.24) is 4.90 Å². The Kier molecular flexibility index (Phi) is 5.02. The molecule has 0 bridgehead atoms. The van der Waals surface area contributed by atoms with E-state index in [1.54, 1.807) is 12.1 Å². The first-order valence-electron chi connectivity index (χ1n) is 6.47. The number of amides is 1. The molecule has 0 aromatic carbocycles. The Morgan fingerprint density at radius 2 is 2.05 bits per heavy atom. The van der Waals surface area contributed by atoms with E-state index in [0.717, 1.165) is 0 Å². The summed E-state index contributed by atoms with van der Waals surface area (Å²) >= 11 is 0. The standard InChI is InChI=1S/C15H15NO6/c1-2-7-21-15(19)16(9-11-4-3-8-20-11)10-12-5-6-13(22-12)14(17)18/h2-6,8H,1,7,9-10H2,(H,17,18). The second-order valence-electron chi connectivity index (χ2n) is 4.37. The molecule has 7 heteroatoms. The number of carboxylic acid groups (broad SMARTS) is 1. The average molecular weight is 305 g/mol. The van der Waals surface area contributed by atoms with Crippen molar-refractivity contribution >= 4 is 12.1 Å². The highest BCUT2D eigenvalue weighted by Crippen LogP contribution is 2.15. The van der Waals surface area contributed by atoms with Crippen molar-refractivity contribution in [3.05, 3.63) is 60.5 Å². The van der Waals surface area contributed by atoms with Gasteiger partial charge in [0.1, 0.15) is 18.1 Å². The van der Waals surface area contributed by atoms with Gasteiger partial charge in [0.15, 0.2) is 0 Å². The van der Waals surface area contributed by atoms with Crippen molar-refractivity contribution in [3.8, 4) is 0 Å². The number of rotatable bonds is 7. The molecule has 22 heavy (non-hydrogen) atoms. The van der Waals surface area contributed by atoms with Crippen LogP contribution in [0.25, 0.3) is 0 Å². The van der Waals surface area contributed by atoms with E-state index in [-0.39, 0.29) is 25.5 Å². The molecule has 0 aliphatic carbocycles. The van der Waals surface area contributed by atoms with E-state index in [0.29, 0.717) is 11.5 Å². The van der Waals surface area contributed by atoms with Crippen LogP contribution in [-0.2, 0) is 17.8 Å². The molecule has 0 atom stereocenters. The van der Waals surface area contributed by atoms with Crippen LogP contribution in [0.2, 0.25) is 0 Å². The smallest absolute Gasteiger partial charge is 0.410 e. The average Bonchev–Trinajstić information content (AvgIpc) is 3.15. The Bertz CT molecular complexity index is 643. The lowest BCUT2D eigenvalue weighted by atomic mass is 10.3. The quantitative estimate of drug-likeness (QED) is 0.791. The highest BCUT2D eigenvalue weighted by Gasteiger charge is 2.19. The molecule has 1 amide bonds. The Balaban J connectivity index is 2.09. The highest BCUT2D eigenvalue weighted by molar-refractivity contribution is 5.84. The number of hydrogen-bond acceptors (Lipinski definition) is 5. The zero-order chi connectivity index (χ0) is 15.9. The molecule has 2 heterocycles. The SMILES string of the molecule is C=CCOC(=O)N(Cc1ccco1)Cc1ccc(C(=O)O)o1. The zero-order valence-electron chi connectivity index (χ0n) is 11.7. The molecule has 116 valence electrons. The molecule has 0 fully saturated rings. The number of aromatic carboxylic acids is 1. The van der Waals surface area contributed by atoms with Crippen LogP contribution < -0.4 is 0 Å². The van der Waals surface area contributed by atoms with Crippen molar-refractivity contribution in [2.24, 2.45) is 0 Å². The van der Waals surface area contributed by atoms with E-state index < -0.39 is 12.1 Å². The lowest BCUT2D eigenvalue weighted by Crippen LogP contribution is -2.30. The molecule has 0 spiro atoms. The molecule has 0 radical (unpaired) electrons. The van der Waals surface area contributed by atoms with Gasteiger partial charge in [-0.1, -0.05) is 12.7 Å². The summed E-state index contributed by atoms with van der Waals surface area (Å²) in [6, 6.07) is 6.26. The van der Waals surface area contributed by atoms with Crippen molar-refractivity contribution in [3.63, 3.8) is 0 Å². The third kappa shape index (κ3) is 4.02. The number of ether oxygens (including phenoxy) is 1. The van der Waals surface area contributed by atoms with Gasteiger partial charge in [-0.15, -0.1) is 0 Å². The topological polar surface area (TPSA) is 93.1 Å². The maximum atomic E-state index is 12.0. The van der Waals surface area contributed by atoms with E-state index in [1.165, 1.54) is 29.4 Å². The minimum Gasteiger partial charge on any atom is -0.475 e.